The van der Waals surface area contributed by atoms with Gasteiger partial charge in [0.05, 0.1) is 18.0 Å². The van der Waals surface area contributed by atoms with Crippen LogP contribution in [0.5, 0.6) is 5.75 Å². The highest BCUT2D eigenvalue weighted by Gasteiger charge is 2.25. The van der Waals surface area contributed by atoms with E-state index in [9.17, 15) is 9.90 Å². The molecule has 1 aromatic carbocycles. The van der Waals surface area contributed by atoms with Crippen molar-refractivity contribution in [2.75, 3.05) is 18.8 Å². The molecule has 4 nitrogen and oxygen atoms in total. The highest BCUT2D eigenvalue weighted by Crippen LogP contribution is 2.28. The number of thioether (sulfide) groups is 1. The van der Waals surface area contributed by atoms with Crippen molar-refractivity contribution in [1.82, 2.24) is 4.90 Å². The Morgan fingerprint density at radius 1 is 1.37 bits per heavy atom. The molecule has 1 aliphatic rings. The van der Waals surface area contributed by atoms with Crippen LogP contribution in [0.1, 0.15) is 13.8 Å². The van der Waals surface area contributed by atoms with E-state index in [0.29, 0.717) is 18.8 Å². The number of benzene rings is 1. The summed E-state index contributed by atoms with van der Waals surface area (Å²) in [6, 6.07) is 7.07. The Labute approximate surface area is 117 Å². The molecule has 5 heteroatoms. The number of morpholine rings is 1. The highest BCUT2D eigenvalue weighted by atomic mass is 32.2. The molecule has 2 rings (SSSR count). The second-order valence-electron chi connectivity index (χ2n) is 4.81. The zero-order valence-electron chi connectivity index (χ0n) is 11.2. The summed E-state index contributed by atoms with van der Waals surface area (Å²) < 4.78 is 5.61. The first-order valence-corrected chi connectivity index (χ1v) is 7.39. The minimum Gasteiger partial charge on any atom is -0.507 e. The average molecular weight is 281 g/mol. The lowest BCUT2D eigenvalue weighted by atomic mass is 10.2. The summed E-state index contributed by atoms with van der Waals surface area (Å²) in [7, 11) is 0. The second kappa shape index (κ2) is 6.30. The molecule has 104 valence electrons. The van der Waals surface area contributed by atoms with Gasteiger partial charge in [0.1, 0.15) is 5.75 Å². The van der Waals surface area contributed by atoms with E-state index >= 15 is 0 Å². The zero-order valence-corrected chi connectivity index (χ0v) is 12.0. The summed E-state index contributed by atoms with van der Waals surface area (Å²) in [4.78, 5) is 14.7. The lowest BCUT2D eigenvalue weighted by Crippen LogP contribution is -2.48. The van der Waals surface area contributed by atoms with E-state index in [1.54, 1.807) is 12.1 Å². The minimum atomic E-state index is 0.0860. The van der Waals surface area contributed by atoms with Crippen LogP contribution in [-0.2, 0) is 9.53 Å². The van der Waals surface area contributed by atoms with E-state index in [2.05, 4.69) is 0 Å². The van der Waals surface area contributed by atoms with E-state index in [0.717, 1.165) is 4.90 Å². The van der Waals surface area contributed by atoms with E-state index in [1.807, 2.05) is 30.9 Å². The van der Waals surface area contributed by atoms with Crippen LogP contribution in [0.2, 0.25) is 0 Å². The molecule has 0 spiro atoms. The van der Waals surface area contributed by atoms with Gasteiger partial charge < -0.3 is 14.7 Å². The molecule has 1 aromatic rings. The van der Waals surface area contributed by atoms with Crippen LogP contribution in [0, 0.1) is 0 Å². The first-order chi connectivity index (χ1) is 9.06. The van der Waals surface area contributed by atoms with Crippen LogP contribution in [0.3, 0.4) is 0 Å². The summed E-state index contributed by atoms with van der Waals surface area (Å²) >= 11 is 1.37. The number of ether oxygens (including phenoxy) is 1. The number of carbonyl (C=O) groups excluding carboxylic acids is 1. The molecule has 1 saturated heterocycles. The standard InChI is InChI=1S/C14H19NO3S/c1-10-7-15(8-11(2)18-10)14(17)9-19-13-6-4-3-5-12(13)16/h3-6,10-11,16H,7-9H2,1-2H3. The molecule has 0 bridgehead atoms. The number of hydrogen-bond acceptors (Lipinski definition) is 4. The molecule has 1 N–H and O–H groups in total. The van der Waals surface area contributed by atoms with Crippen molar-refractivity contribution in [3.63, 3.8) is 0 Å². The van der Waals surface area contributed by atoms with Crippen molar-refractivity contribution in [2.24, 2.45) is 0 Å². The van der Waals surface area contributed by atoms with Crippen molar-refractivity contribution in [3.05, 3.63) is 24.3 Å². The van der Waals surface area contributed by atoms with Crippen molar-refractivity contribution in [2.45, 2.75) is 31.0 Å². The molecular formula is C14H19NO3S. The first kappa shape index (κ1) is 14.2. The Hall–Kier alpha value is -1.20. The molecule has 1 aliphatic heterocycles. The zero-order chi connectivity index (χ0) is 13.8. The Balaban J connectivity index is 1.89. The van der Waals surface area contributed by atoms with E-state index in [-0.39, 0.29) is 23.9 Å². The topological polar surface area (TPSA) is 49.8 Å². The maximum atomic E-state index is 12.1. The molecule has 0 aromatic heterocycles. The van der Waals surface area contributed by atoms with Crippen molar-refractivity contribution in [1.29, 1.82) is 0 Å². The van der Waals surface area contributed by atoms with Gasteiger partial charge in [0.15, 0.2) is 0 Å². The minimum absolute atomic E-state index is 0.0860. The van der Waals surface area contributed by atoms with Crippen LogP contribution >= 0.6 is 11.8 Å². The van der Waals surface area contributed by atoms with Crippen molar-refractivity contribution in [3.8, 4) is 5.75 Å². The molecule has 19 heavy (non-hydrogen) atoms. The number of phenols is 1. The van der Waals surface area contributed by atoms with Crippen LogP contribution in [0.25, 0.3) is 0 Å². The lowest BCUT2D eigenvalue weighted by molar-refractivity contribution is -0.140. The predicted octanol–water partition coefficient (Wildman–Crippen LogP) is 2.12. The van der Waals surface area contributed by atoms with Gasteiger partial charge in [0.25, 0.3) is 0 Å². The molecular weight excluding hydrogens is 262 g/mol. The Kier molecular flexibility index (Phi) is 4.71. The van der Waals surface area contributed by atoms with Gasteiger partial charge in [-0.15, -0.1) is 11.8 Å². The van der Waals surface area contributed by atoms with E-state index in [4.69, 9.17) is 4.74 Å². The number of nitrogens with zero attached hydrogens (tertiary/aromatic N) is 1. The Morgan fingerprint density at radius 3 is 2.63 bits per heavy atom. The van der Waals surface area contributed by atoms with E-state index in [1.165, 1.54) is 11.8 Å². The van der Waals surface area contributed by atoms with Crippen LogP contribution in [-0.4, -0.2) is 47.0 Å². The second-order valence-corrected chi connectivity index (χ2v) is 5.83. The van der Waals surface area contributed by atoms with Crippen LogP contribution in [0.4, 0.5) is 0 Å². The SMILES string of the molecule is CC1CN(C(=O)CSc2ccccc2O)CC(C)O1. The molecule has 1 fully saturated rings. The summed E-state index contributed by atoms with van der Waals surface area (Å²) in [5, 5.41) is 9.65. The molecule has 1 amide bonds. The normalized spacial score (nSPS) is 23.4. The van der Waals surface area contributed by atoms with Gasteiger partial charge in [0, 0.05) is 18.0 Å². The fraction of sp³-hybridized carbons (Fsp3) is 0.500. The van der Waals surface area contributed by atoms with Gasteiger partial charge >= 0.3 is 0 Å². The lowest BCUT2D eigenvalue weighted by Gasteiger charge is -2.35. The first-order valence-electron chi connectivity index (χ1n) is 6.40. The smallest absolute Gasteiger partial charge is 0.233 e. The number of phenolic OH excluding ortho intramolecular Hbond substituents is 1. The monoisotopic (exact) mass is 281 g/mol. The Bertz CT molecular complexity index is 442. The molecule has 2 unspecified atom stereocenters. The molecule has 0 saturated carbocycles. The van der Waals surface area contributed by atoms with Crippen molar-refractivity contribution < 1.29 is 14.6 Å². The largest absolute Gasteiger partial charge is 0.507 e. The van der Waals surface area contributed by atoms with Gasteiger partial charge in [-0.3, -0.25) is 4.79 Å². The number of hydrogen-bond donors (Lipinski definition) is 1. The number of rotatable bonds is 3. The van der Waals surface area contributed by atoms with Crippen molar-refractivity contribution >= 4 is 17.7 Å². The number of aromatic hydroxyl groups is 1. The molecule has 1 heterocycles. The quantitative estimate of drug-likeness (QED) is 0.862. The predicted molar refractivity (Wildman–Crippen MR) is 75.4 cm³/mol. The maximum absolute atomic E-state index is 12.1. The van der Waals surface area contributed by atoms with E-state index < -0.39 is 0 Å². The third-order valence-electron chi connectivity index (χ3n) is 2.99. The summed E-state index contributed by atoms with van der Waals surface area (Å²) in [5.41, 5.74) is 0. The molecule has 0 aliphatic carbocycles. The third kappa shape index (κ3) is 3.88. The van der Waals surface area contributed by atoms with Gasteiger partial charge in [-0.1, -0.05) is 12.1 Å². The average Bonchev–Trinajstić information content (AvgIpc) is 2.36. The third-order valence-corrected chi connectivity index (χ3v) is 4.04. The summed E-state index contributed by atoms with van der Waals surface area (Å²) in [6.45, 7) is 5.24. The summed E-state index contributed by atoms with van der Waals surface area (Å²) in [6.07, 6.45) is 0.172. The fourth-order valence-corrected chi connectivity index (χ4v) is 3.04. The van der Waals surface area contributed by atoms with Gasteiger partial charge in [0.2, 0.25) is 5.91 Å². The Morgan fingerprint density at radius 2 is 2.00 bits per heavy atom. The van der Waals surface area contributed by atoms with Crippen LogP contribution < -0.4 is 0 Å². The summed E-state index contributed by atoms with van der Waals surface area (Å²) in [5.74, 6) is 0.663. The number of amides is 1. The van der Waals surface area contributed by atoms with Crippen LogP contribution in [0.15, 0.2) is 29.2 Å². The van der Waals surface area contributed by atoms with Gasteiger partial charge in [-0.2, -0.15) is 0 Å². The van der Waals surface area contributed by atoms with Gasteiger partial charge in [-0.25, -0.2) is 0 Å². The maximum Gasteiger partial charge on any atom is 0.233 e. The van der Waals surface area contributed by atoms with Gasteiger partial charge in [-0.05, 0) is 26.0 Å². The number of carbonyl (C=O) groups is 1. The fourth-order valence-electron chi connectivity index (χ4n) is 2.19. The molecule has 0 radical (unpaired) electrons. The molecule has 2 atom stereocenters. The number of para-hydroxylation sites is 1. The highest BCUT2D eigenvalue weighted by molar-refractivity contribution is 8.00.